The van der Waals surface area contributed by atoms with Gasteiger partial charge >= 0.3 is 89.9 Å². The molecule has 0 unspecified atom stereocenters. The molecular weight excluding hydrogens is 227 g/mol. The molecule has 0 aliphatic heterocycles. The summed E-state index contributed by atoms with van der Waals surface area (Å²) in [5.41, 5.74) is 5.53. The Morgan fingerprint density at radius 2 is 1.69 bits per heavy atom. The van der Waals surface area contributed by atoms with Crippen LogP contribution in [-0.4, -0.2) is 26.8 Å². The Morgan fingerprint density at radius 1 is 1.23 bits per heavy atom. The van der Waals surface area contributed by atoms with Gasteiger partial charge in [-0.3, -0.25) is 0 Å². The summed E-state index contributed by atoms with van der Waals surface area (Å²) < 4.78 is 0.609. The van der Waals surface area contributed by atoms with Crippen LogP contribution in [0.15, 0.2) is 4.99 Å². The molecule has 0 bridgehead atoms. The van der Waals surface area contributed by atoms with Gasteiger partial charge in [-0.1, -0.05) is 0 Å². The van der Waals surface area contributed by atoms with Crippen LogP contribution in [0.2, 0.25) is 0 Å². The predicted molar refractivity (Wildman–Crippen MR) is 60.2 cm³/mol. The standard InChI is InChI=1S/C10H21N2Se/c1-3-5-7-9(8-6-4-2)12-10(11)13/h9H,3-8H2,1-2H3,(H2,11,12). The molecule has 1 radical (unpaired) electrons. The summed E-state index contributed by atoms with van der Waals surface area (Å²) in [6.07, 6.45) is 7.35. The first-order valence-electron chi connectivity index (χ1n) is 5.21. The first-order chi connectivity index (χ1) is 6.20. The number of amidine groups is 1. The zero-order valence-corrected chi connectivity index (χ0v) is 10.5. The quantitative estimate of drug-likeness (QED) is 0.419. The van der Waals surface area contributed by atoms with Gasteiger partial charge in [0.25, 0.3) is 0 Å². The van der Waals surface area contributed by atoms with Crippen LogP contribution in [0.1, 0.15) is 52.4 Å². The fourth-order valence-corrected chi connectivity index (χ4v) is 1.65. The Kier molecular flexibility index (Phi) is 8.57. The molecule has 0 atom stereocenters. The van der Waals surface area contributed by atoms with Gasteiger partial charge in [-0.2, -0.15) is 0 Å². The minimum atomic E-state index is 0.446. The molecule has 13 heavy (non-hydrogen) atoms. The second-order valence-corrected chi connectivity index (χ2v) is 4.28. The summed E-state index contributed by atoms with van der Waals surface area (Å²) >= 11 is 2.75. The number of nitrogens with two attached hydrogens (primary N) is 1. The van der Waals surface area contributed by atoms with Crippen LogP contribution >= 0.6 is 0 Å². The van der Waals surface area contributed by atoms with Crippen molar-refractivity contribution >= 4 is 20.7 Å². The van der Waals surface area contributed by atoms with E-state index in [1.54, 1.807) is 0 Å². The molecule has 0 aromatic rings. The van der Waals surface area contributed by atoms with Crippen molar-refractivity contribution in [3.63, 3.8) is 0 Å². The molecule has 0 aromatic carbocycles. The predicted octanol–water partition coefficient (Wildman–Crippen LogP) is 2.22. The van der Waals surface area contributed by atoms with Gasteiger partial charge in [0.15, 0.2) is 0 Å². The van der Waals surface area contributed by atoms with Crippen molar-refractivity contribution in [1.29, 1.82) is 0 Å². The monoisotopic (exact) mass is 249 g/mol. The zero-order chi connectivity index (χ0) is 10.1. The third-order valence-electron chi connectivity index (χ3n) is 2.09. The fourth-order valence-electron chi connectivity index (χ4n) is 1.33. The van der Waals surface area contributed by atoms with Crippen LogP contribution in [0, 0.1) is 0 Å². The van der Waals surface area contributed by atoms with E-state index in [0.717, 1.165) is 0 Å². The van der Waals surface area contributed by atoms with E-state index in [0.29, 0.717) is 10.8 Å². The van der Waals surface area contributed by atoms with Crippen molar-refractivity contribution < 1.29 is 0 Å². The Hall–Kier alpha value is -0.0105. The van der Waals surface area contributed by atoms with Crippen LogP contribution in [0.5, 0.6) is 0 Å². The van der Waals surface area contributed by atoms with Crippen LogP contribution in [0.4, 0.5) is 0 Å². The van der Waals surface area contributed by atoms with Gasteiger partial charge < -0.3 is 0 Å². The van der Waals surface area contributed by atoms with Crippen molar-refractivity contribution in [1.82, 2.24) is 0 Å². The van der Waals surface area contributed by atoms with E-state index < -0.39 is 0 Å². The summed E-state index contributed by atoms with van der Waals surface area (Å²) in [6, 6.07) is 0.446. The minimum absolute atomic E-state index is 0.446. The molecule has 0 spiro atoms. The molecule has 0 aromatic heterocycles. The molecule has 0 fully saturated rings. The zero-order valence-electron chi connectivity index (χ0n) is 8.75. The van der Waals surface area contributed by atoms with Crippen molar-refractivity contribution in [3.8, 4) is 0 Å². The second-order valence-electron chi connectivity index (χ2n) is 3.41. The molecular formula is C10H21N2Se. The summed E-state index contributed by atoms with van der Waals surface area (Å²) in [5.74, 6) is 0. The fraction of sp³-hybridized carbons (Fsp3) is 0.900. The molecule has 2 N–H and O–H groups in total. The summed E-state index contributed by atoms with van der Waals surface area (Å²) in [4.78, 5) is 4.39. The Labute approximate surface area is 90.2 Å². The van der Waals surface area contributed by atoms with Crippen LogP contribution in [0.25, 0.3) is 0 Å². The summed E-state index contributed by atoms with van der Waals surface area (Å²) in [6.45, 7) is 4.42. The van der Waals surface area contributed by atoms with Gasteiger partial charge in [0.2, 0.25) is 0 Å². The normalized spacial score (nSPS) is 12.4. The maximum absolute atomic E-state index is 5.53. The number of nitrogens with zero attached hydrogens (tertiary/aromatic N) is 1. The van der Waals surface area contributed by atoms with E-state index in [1.165, 1.54) is 38.5 Å². The average molecular weight is 248 g/mol. The summed E-state index contributed by atoms with van der Waals surface area (Å²) in [5, 5.41) is 0. The number of aliphatic imine (C=N–C) groups is 1. The molecule has 0 heterocycles. The van der Waals surface area contributed by atoms with Gasteiger partial charge in [-0.05, 0) is 0 Å². The topological polar surface area (TPSA) is 38.4 Å². The van der Waals surface area contributed by atoms with Crippen molar-refractivity contribution in [2.75, 3.05) is 0 Å². The van der Waals surface area contributed by atoms with E-state index in [1.807, 2.05) is 0 Å². The molecule has 3 heteroatoms. The number of hydrogen-bond acceptors (Lipinski definition) is 1. The van der Waals surface area contributed by atoms with E-state index in [-0.39, 0.29) is 0 Å². The van der Waals surface area contributed by atoms with Crippen molar-refractivity contribution in [3.05, 3.63) is 0 Å². The SMILES string of the molecule is CCCCC(CCCC)N=C(N)[Se]. The van der Waals surface area contributed by atoms with Gasteiger partial charge in [0.1, 0.15) is 0 Å². The Balaban J connectivity index is 3.80. The van der Waals surface area contributed by atoms with Gasteiger partial charge in [0, 0.05) is 0 Å². The van der Waals surface area contributed by atoms with E-state index >= 15 is 0 Å². The summed E-state index contributed by atoms with van der Waals surface area (Å²) in [7, 11) is 0. The first kappa shape index (κ1) is 13.0. The van der Waals surface area contributed by atoms with Crippen molar-refractivity contribution in [2.24, 2.45) is 10.7 Å². The van der Waals surface area contributed by atoms with Crippen LogP contribution < -0.4 is 5.73 Å². The van der Waals surface area contributed by atoms with Gasteiger partial charge in [0.05, 0.1) is 0 Å². The molecule has 0 aliphatic rings. The number of rotatable bonds is 7. The molecule has 2 nitrogen and oxygen atoms in total. The van der Waals surface area contributed by atoms with Crippen LogP contribution in [-0.2, 0) is 0 Å². The van der Waals surface area contributed by atoms with E-state index in [2.05, 4.69) is 34.9 Å². The molecule has 0 aliphatic carbocycles. The van der Waals surface area contributed by atoms with E-state index in [4.69, 9.17) is 5.73 Å². The van der Waals surface area contributed by atoms with Gasteiger partial charge in [-0.25, -0.2) is 0 Å². The number of hydrogen-bond donors (Lipinski definition) is 1. The molecule has 0 saturated heterocycles. The third-order valence-corrected chi connectivity index (χ3v) is 2.31. The average Bonchev–Trinajstić information content (AvgIpc) is 2.09. The van der Waals surface area contributed by atoms with E-state index in [9.17, 15) is 0 Å². The maximum atomic E-state index is 5.53. The Bertz CT molecular complexity index is 134. The molecule has 77 valence electrons. The molecule has 0 rings (SSSR count). The van der Waals surface area contributed by atoms with Gasteiger partial charge in [-0.15, -0.1) is 0 Å². The molecule has 0 amide bonds. The third kappa shape index (κ3) is 8.32. The van der Waals surface area contributed by atoms with Crippen LogP contribution in [0.3, 0.4) is 0 Å². The van der Waals surface area contributed by atoms with Crippen molar-refractivity contribution in [2.45, 2.75) is 58.4 Å². The molecule has 0 saturated carbocycles. The number of unbranched alkanes of at least 4 members (excludes halogenated alkanes) is 2. The second kappa shape index (κ2) is 8.58. The Morgan fingerprint density at radius 3 is 2.00 bits per heavy atom. The first-order valence-corrected chi connectivity index (χ1v) is 6.06.